The third-order valence-electron chi connectivity index (χ3n) is 5.86. The molecule has 0 spiro atoms. The maximum atomic E-state index is 5.47. The average Bonchev–Trinajstić information content (AvgIpc) is 2.70. The van der Waals surface area contributed by atoms with Crippen molar-refractivity contribution in [3.63, 3.8) is 0 Å². The number of hydrogen-bond donors (Lipinski definition) is 0. The van der Waals surface area contributed by atoms with E-state index in [0.717, 1.165) is 35.5 Å². The molecule has 2 heteroatoms. The number of benzene rings is 3. The van der Waals surface area contributed by atoms with Crippen LogP contribution in [-0.4, -0.2) is 14.2 Å². The molecule has 0 saturated heterocycles. The molecule has 3 rings (SSSR count). The van der Waals surface area contributed by atoms with Crippen LogP contribution in [0.3, 0.4) is 0 Å². The van der Waals surface area contributed by atoms with Gasteiger partial charge in [0.05, 0.1) is 14.2 Å². The van der Waals surface area contributed by atoms with Crippen LogP contribution in [0.25, 0.3) is 22.3 Å². The summed E-state index contributed by atoms with van der Waals surface area (Å²) >= 11 is 0. The van der Waals surface area contributed by atoms with Crippen molar-refractivity contribution in [2.24, 2.45) is 0 Å². The zero-order chi connectivity index (χ0) is 21.1. The van der Waals surface area contributed by atoms with Gasteiger partial charge in [-0.05, 0) is 108 Å². The lowest BCUT2D eigenvalue weighted by molar-refractivity contribution is 0.411. The van der Waals surface area contributed by atoms with E-state index in [9.17, 15) is 0 Å². The fraction of sp³-hybridized carbons (Fsp3) is 0.333. The van der Waals surface area contributed by atoms with Gasteiger partial charge < -0.3 is 9.47 Å². The van der Waals surface area contributed by atoms with E-state index in [4.69, 9.17) is 9.47 Å². The van der Waals surface area contributed by atoms with Gasteiger partial charge in [-0.15, -0.1) is 0 Å². The summed E-state index contributed by atoms with van der Waals surface area (Å²) < 4.78 is 10.9. The lowest BCUT2D eigenvalue weighted by Gasteiger charge is -2.20. The zero-order valence-corrected chi connectivity index (χ0v) is 18.8. The van der Waals surface area contributed by atoms with Crippen LogP contribution in [0, 0.1) is 27.7 Å². The molecule has 152 valence electrons. The van der Waals surface area contributed by atoms with E-state index in [0.29, 0.717) is 0 Å². The van der Waals surface area contributed by atoms with Crippen LogP contribution in [-0.2, 0) is 6.42 Å². The van der Waals surface area contributed by atoms with E-state index < -0.39 is 0 Å². The number of rotatable bonds is 6. The predicted octanol–water partition coefficient (Wildman–Crippen LogP) is 7.22. The molecule has 0 aliphatic heterocycles. The standard InChI is InChI=1S/C27H32O2/c1-8-9-21-16-24(22-10-12-25(28-6)17(2)14-22)20(5)27(19(21)4)23-11-13-26(29-7)18(3)15-23/h10-16H,8-9H2,1-7H3. The largest absolute Gasteiger partial charge is 0.496 e. The highest BCUT2D eigenvalue weighted by Crippen LogP contribution is 2.39. The molecule has 0 aliphatic rings. The maximum Gasteiger partial charge on any atom is 0.121 e. The molecule has 0 atom stereocenters. The lowest BCUT2D eigenvalue weighted by Crippen LogP contribution is -2.00. The van der Waals surface area contributed by atoms with Gasteiger partial charge in [0, 0.05) is 0 Å². The minimum Gasteiger partial charge on any atom is -0.496 e. The minimum absolute atomic E-state index is 0.929. The second-order valence-corrected chi connectivity index (χ2v) is 7.83. The molecular weight excluding hydrogens is 356 g/mol. The molecule has 0 fully saturated rings. The molecular formula is C27H32O2. The van der Waals surface area contributed by atoms with Gasteiger partial charge in [-0.2, -0.15) is 0 Å². The van der Waals surface area contributed by atoms with E-state index in [1.165, 1.54) is 38.9 Å². The Bertz CT molecular complexity index is 1030. The molecule has 3 aromatic rings. The molecule has 3 aromatic carbocycles. The second-order valence-electron chi connectivity index (χ2n) is 7.83. The summed E-state index contributed by atoms with van der Waals surface area (Å²) in [5.74, 6) is 1.86. The summed E-state index contributed by atoms with van der Waals surface area (Å²) in [6.07, 6.45) is 2.21. The molecule has 0 amide bonds. The number of aryl methyl sites for hydroxylation is 3. The van der Waals surface area contributed by atoms with Crippen molar-refractivity contribution in [3.05, 3.63) is 70.3 Å². The van der Waals surface area contributed by atoms with Crippen molar-refractivity contribution in [1.29, 1.82) is 0 Å². The quantitative estimate of drug-likeness (QED) is 0.443. The van der Waals surface area contributed by atoms with Crippen LogP contribution in [0.5, 0.6) is 11.5 Å². The Morgan fingerprint density at radius 3 is 1.76 bits per heavy atom. The Morgan fingerprint density at radius 1 is 0.690 bits per heavy atom. The molecule has 0 radical (unpaired) electrons. The number of hydrogen-bond acceptors (Lipinski definition) is 2. The Kier molecular flexibility index (Phi) is 6.32. The molecule has 29 heavy (non-hydrogen) atoms. The highest BCUT2D eigenvalue weighted by Gasteiger charge is 2.16. The Hall–Kier alpha value is -2.74. The van der Waals surface area contributed by atoms with Gasteiger partial charge >= 0.3 is 0 Å². The highest BCUT2D eigenvalue weighted by atomic mass is 16.5. The Labute approximate surface area is 175 Å². The first kappa shape index (κ1) is 21.0. The molecule has 2 nitrogen and oxygen atoms in total. The summed E-state index contributed by atoms with van der Waals surface area (Å²) in [7, 11) is 3.45. The molecule has 0 aromatic heterocycles. The monoisotopic (exact) mass is 388 g/mol. The van der Waals surface area contributed by atoms with Crippen LogP contribution in [0.1, 0.15) is 41.2 Å². The number of ether oxygens (including phenoxy) is 2. The van der Waals surface area contributed by atoms with Gasteiger partial charge in [0.25, 0.3) is 0 Å². The van der Waals surface area contributed by atoms with E-state index >= 15 is 0 Å². The van der Waals surface area contributed by atoms with E-state index in [1.807, 2.05) is 0 Å². The van der Waals surface area contributed by atoms with Crippen molar-refractivity contribution < 1.29 is 9.47 Å². The van der Waals surface area contributed by atoms with E-state index in [1.54, 1.807) is 14.2 Å². The Morgan fingerprint density at radius 2 is 1.24 bits per heavy atom. The van der Waals surface area contributed by atoms with Gasteiger partial charge in [0.15, 0.2) is 0 Å². The highest BCUT2D eigenvalue weighted by molar-refractivity contribution is 5.82. The molecule has 0 aliphatic carbocycles. The van der Waals surface area contributed by atoms with Crippen molar-refractivity contribution in [2.75, 3.05) is 14.2 Å². The predicted molar refractivity (Wildman–Crippen MR) is 123 cm³/mol. The van der Waals surface area contributed by atoms with Gasteiger partial charge in [-0.3, -0.25) is 0 Å². The second kappa shape index (κ2) is 8.73. The van der Waals surface area contributed by atoms with Crippen LogP contribution < -0.4 is 9.47 Å². The summed E-state index contributed by atoms with van der Waals surface area (Å²) in [5.41, 5.74) is 11.6. The van der Waals surface area contributed by atoms with Gasteiger partial charge in [0.2, 0.25) is 0 Å². The van der Waals surface area contributed by atoms with E-state index in [-0.39, 0.29) is 0 Å². The smallest absolute Gasteiger partial charge is 0.121 e. The summed E-state index contributed by atoms with van der Waals surface area (Å²) in [6, 6.07) is 15.4. The first-order valence-corrected chi connectivity index (χ1v) is 10.3. The minimum atomic E-state index is 0.929. The SMILES string of the molecule is CCCc1cc(-c2ccc(OC)c(C)c2)c(C)c(-c2ccc(OC)c(C)c2)c1C. The van der Waals surface area contributed by atoms with E-state index in [2.05, 4.69) is 77.1 Å². The van der Waals surface area contributed by atoms with Crippen molar-refractivity contribution in [2.45, 2.75) is 47.5 Å². The average molecular weight is 389 g/mol. The lowest BCUT2D eigenvalue weighted by atomic mass is 9.84. The van der Waals surface area contributed by atoms with Crippen molar-refractivity contribution >= 4 is 0 Å². The fourth-order valence-electron chi connectivity index (χ4n) is 4.31. The summed E-state index contributed by atoms with van der Waals surface area (Å²) in [5, 5.41) is 0. The fourth-order valence-corrected chi connectivity index (χ4v) is 4.31. The van der Waals surface area contributed by atoms with Gasteiger partial charge in [0.1, 0.15) is 11.5 Å². The topological polar surface area (TPSA) is 18.5 Å². The first-order valence-electron chi connectivity index (χ1n) is 10.3. The molecule has 0 unspecified atom stereocenters. The van der Waals surface area contributed by atoms with Crippen LogP contribution in [0.15, 0.2) is 42.5 Å². The maximum absolute atomic E-state index is 5.47. The van der Waals surface area contributed by atoms with Crippen LogP contribution in [0.2, 0.25) is 0 Å². The van der Waals surface area contributed by atoms with Crippen LogP contribution >= 0.6 is 0 Å². The van der Waals surface area contributed by atoms with Crippen molar-refractivity contribution in [3.8, 4) is 33.8 Å². The van der Waals surface area contributed by atoms with Gasteiger partial charge in [-0.25, -0.2) is 0 Å². The van der Waals surface area contributed by atoms with Crippen molar-refractivity contribution in [1.82, 2.24) is 0 Å². The molecule has 0 heterocycles. The molecule has 0 saturated carbocycles. The molecule has 0 bridgehead atoms. The summed E-state index contributed by atoms with van der Waals surface area (Å²) in [6.45, 7) is 11.0. The summed E-state index contributed by atoms with van der Waals surface area (Å²) in [4.78, 5) is 0. The first-order chi connectivity index (χ1) is 13.9. The van der Waals surface area contributed by atoms with Gasteiger partial charge in [-0.1, -0.05) is 31.5 Å². The third kappa shape index (κ3) is 4.03. The number of methoxy groups -OCH3 is 2. The Balaban J connectivity index is 2.26. The zero-order valence-electron chi connectivity index (χ0n) is 18.8. The molecule has 0 N–H and O–H groups in total. The normalized spacial score (nSPS) is 10.9. The van der Waals surface area contributed by atoms with Crippen LogP contribution in [0.4, 0.5) is 0 Å². The third-order valence-corrected chi connectivity index (χ3v) is 5.86.